The predicted octanol–water partition coefficient (Wildman–Crippen LogP) is 5.03. The van der Waals surface area contributed by atoms with Gasteiger partial charge in [-0.1, -0.05) is 48.5 Å². The van der Waals surface area contributed by atoms with Crippen LogP contribution in [0, 0.1) is 0 Å². The average molecular weight is 463 g/mol. The topological polar surface area (TPSA) is 92.3 Å². The predicted molar refractivity (Wildman–Crippen MR) is 126 cm³/mol. The second kappa shape index (κ2) is 9.17. The van der Waals surface area contributed by atoms with Crippen LogP contribution in [0.15, 0.2) is 101 Å². The zero-order chi connectivity index (χ0) is 22.6. The van der Waals surface area contributed by atoms with E-state index in [-0.39, 0.29) is 16.2 Å². The fourth-order valence-electron chi connectivity index (χ4n) is 3.09. The number of anilines is 2. The average Bonchev–Trinajstić information content (AvgIpc) is 3.34. The highest BCUT2D eigenvalue weighted by Gasteiger charge is 2.19. The molecule has 0 spiro atoms. The van der Waals surface area contributed by atoms with Crippen molar-refractivity contribution in [2.75, 3.05) is 10.0 Å². The third-order valence-corrected chi connectivity index (χ3v) is 6.85. The SMILES string of the molecule is O=C(Nc1cccc(NS(=O)(=O)c2ccccc2)c1)c1ccccc1C(=O)c1cccs1. The molecule has 1 heterocycles. The van der Waals surface area contributed by atoms with Crippen LogP contribution in [0.3, 0.4) is 0 Å². The van der Waals surface area contributed by atoms with E-state index in [9.17, 15) is 18.0 Å². The standard InChI is InChI=1S/C24H18N2O4S2/c27-23(22-14-7-15-31-22)20-12-4-5-13-21(20)24(28)25-17-8-6-9-18(16-17)26-32(29,30)19-10-2-1-3-11-19/h1-16,26H,(H,25,28). The normalized spacial score (nSPS) is 11.0. The number of ketones is 1. The maximum Gasteiger partial charge on any atom is 0.261 e. The van der Waals surface area contributed by atoms with E-state index in [1.54, 1.807) is 78.2 Å². The first kappa shape index (κ1) is 21.5. The number of benzene rings is 3. The lowest BCUT2D eigenvalue weighted by molar-refractivity contribution is 0.0998. The Bertz CT molecular complexity index is 1370. The van der Waals surface area contributed by atoms with Crippen LogP contribution in [0.5, 0.6) is 0 Å². The van der Waals surface area contributed by atoms with Gasteiger partial charge in [0, 0.05) is 11.3 Å². The van der Waals surface area contributed by atoms with Crippen molar-refractivity contribution in [3.05, 3.63) is 112 Å². The zero-order valence-electron chi connectivity index (χ0n) is 16.7. The molecule has 4 aromatic rings. The number of nitrogens with one attached hydrogen (secondary N) is 2. The van der Waals surface area contributed by atoms with Gasteiger partial charge in [-0.3, -0.25) is 14.3 Å². The molecule has 1 aromatic heterocycles. The van der Waals surface area contributed by atoms with Crippen molar-refractivity contribution >= 4 is 44.4 Å². The van der Waals surface area contributed by atoms with Crippen molar-refractivity contribution in [1.29, 1.82) is 0 Å². The molecule has 0 radical (unpaired) electrons. The molecule has 0 saturated carbocycles. The van der Waals surface area contributed by atoms with E-state index in [4.69, 9.17) is 0 Å². The summed E-state index contributed by atoms with van der Waals surface area (Å²) >= 11 is 1.31. The number of hydrogen-bond acceptors (Lipinski definition) is 5. The van der Waals surface area contributed by atoms with Gasteiger partial charge in [0.05, 0.1) is 21.0 Å². The van der Waals surface area contributed by atoms with Crippen LogP contribution in [0.25, 0.3) is 0 Å². The van der Waals surface area contributed by atoms with Crippen molar-refractivity contribution in [3.63, 3.8) is 0 Å². The first-order valence-electron chi connectivity index (χ1n) is 9.60. The van der Waals surface area contributed by atoms with E-state index >= 15 is 0 Å². The van der Waals surface area contributed by atoms with Gasteiger partial charge in [-0.2, -0.15) is 0 Å². The quantitative estimate of drug-likeness (QED) is 0.377. The maximum atomic E-state index is 12.9. The molecule has 0 aliphatic rings. The van der Waals surface area contributed by atoms with Crippen LogP contribution in [0.2, 0.25) is 0 Å². The molecule has 0 aliphatic carbocycles. The van der Waals surface area contributed by atoms with E-state index in [0.29, 0.717) is 21.8 Å². The lowest BCUT2D eigenvalue weighted by atomic mass is 10.0. The molecule has 6 nitrogen and oxygen atoms in total. The summed E-state index contributed by atoms with van der Waals surface area (Å²) in [4.78, 5) is 26.4. The molecule has 1 amide bonds. The van der Waals surface area contributed by atoms with Crippen molar-refractivity contribution < 1.29 is 18.0 Å². The molecule has 160 valence electrons. The number of carbonyl (C=O) groups excluding carboxylic acids is 2. The van der Waals surface area contributed by atoms with E-state index in [1.807, 2.05) is 0 Å². The number of amides is 1. The Balaban J connectivity index is 1.55. The lowest BCUT2D eigenvalue weighted by Crippen LogP contribution is -2.17. The summed E-state index contributed by atoms with van der Waals surface area (Å²) in [5.74, 6) is -0.691. The molecule has 0 aliphatic heterocycles. The van der Waals surface area contributed by atoms with Crippen LogP contribution in [-0.4, -0.2) is 20.1 Å². The van der Waals surface area contributed by atoms with E-state index in [2.05, 4.69) is 10.0 Å². The molecule has 0 fully saturated rings. The molecule has 0 atom stereocenters. The molecule has 0 unspecified atom stereocenters. The molecule has 0 bridgehead atoms. The van der Waals surface area contributed by atoms with Gasteiger partial charge in [0.1, 0.15) is 0 Å². The van der Waals surface area contributed by atoms with Crippen molar-refractivity contribution in [2.24, 2.45) is 0 Å². The molecule has 4 rings (SSSR count). The van der Waals surface area contributed by atoms with Crippen molar-refractivity contribution in [3.8, 4) is 0 Å². The fourth-order valence-corrected chi connectivity index (χ4v) is 4.84. The molecule has 8 heteroatoms. The third-order valence-electron chi connectivity index (χ3n) is 4.59. The molecular weight excluding hydrogens is 444 g/mol. The summed E-state index contributed by atoms with van der Waals surface area (Å²) in [7, 11) is -3.76. The number of thiophene rings is 1. The molecule has 0 saturated heterocycles. The number of hydrogen-bond donors (Lipinski definition) is 2. The van der Waals surface area contributed by atoms with Gasteiger partial charge < -0.3 is 5.32 Å². The molecule has 32 heavy (non-hydrogen) atoms. The van der Waals surface area contributed by atoms with Crippen molar-refractivity contribution in [2.45, 2.75) is 4.90 Å². The Morgan fingerprint density at radius 2 is 1.41 bits per heavy atom. The van der Waals surface area contributed by atoms with Gasteiger partial charge in [-0.05, 0) is 47.8 Å². The highest BCUT2D eigenvalue weighted by molar-refractivity contribution is 7.92. The van der Waals surface area contributed by atoms with E-state index in [1.165, 1.54) is 29.5 Å². The van der Waals surface area contributed by atoms with Gasteiger partial charge in [0.25, 0.3) is 15.9 Å². The minimum absolute atomic E-state index is 0.135. The molecule has 2 N–H and O–H groups in total. The van der Waals surface area contributed by atoms with Crippen LogP contribution in [0.1, 0.15) is 25.6 Å². The molecular formula is C24H18N2O4S2. The van der Waals surface area contributed by atoms with Gasteiger partial charge in [-0.25, -0.2) is 8.42 Å². The second-order valence-electron chi connectivity index (χ2n) is 6.81. The summed E-state index contributed by atoms with van der Waals surface area (Å²) in [6, 6.07) is 24.4. The van der Waals surface area contributed by atoms with Gasteiger partial charge in [0.2, 0.25) is 5.78 Å². The van der Waals surface area contributed by atoms with Crippen LogP contribution < -0.4 is 10.0 Å². The Kier molecular flexibility index (Phi) is 6.16. The minimum Gasteiger partial charge on any atom is -0.322 e. The van der Waals surface area contributed by atoms with Crippen molar-refractivity contribution in [1.82, 2.24) is 0 Å². The van der Waals surface area contributed by atoms with E-state index < -0.39 is 15.9 Å². The minimum atomic E-state index is -3.76. The Morgan fingerprint density at radius 3 is 2.12 bits per heavy atom. The van der Waals surface area contributed by atoms with Gasteiger partial charge in [-0.15, -0.1) is 11.3 Å². The van der Waals surface area contributed by atoms with Crippen LogP contribution in [0.4, 0.5) is 11.4 Å². The zero-order valence-corrected chi connectivity index (χ0v) is 18.3. The fraction of sp³-hybridized carbons (Fsp3) is 0. The van der Waals surface area contributed by atoms with E-state index in [0.717, 1.165) is 0 Å². The Labute approximate surface area is 189 Å². The van der Waals surface area contributed by atoms with Crippen LogP contribution >= 0.6 is 11.3 Å². The first-order valence-corrected chi connectivity index (χ1v) is 12.0. The van der Waals surface area contributed by atoms with Gasteiger partial charge in [0.15, 0.2) is 0 Å². The smallest absolute Gasteiger partial charge is 0.261 e. The maximum absolute atomic E-state index is 12.9. The summed E-state index contributed by atoms with van der Waals surface area (Å²) in [5.41, 5.74) is 1.23. The number of rotatable bonds is 7. The lowest BCUT2D eigenvalue weighted by Gasteiger charge is -2.12. The Morgan fingerprint density at radius 1 is 0.719 bits per heavy atom. The van der Waals surface area contributed by atoms with Crippen LogP contribution in [-0.2, 0) is 10.0 Å². The number of sulfonamides is 1. The first-order chi connectivity index (χ1) is 15.4. The summed E-state index contributed by atoms with van der Waals surface area (Å²) in [6.45, 7) is 0. The number of carbonyl (C=O) groups is 2. The Hall–Kier alpha value is -3.75. The third kappa shape index (κ3) is 4.77. The second-order valence-corrected chi connectivity index (χ2v) is 9.44. The molecule has 3 aromatic carbocycles. The monoisotopic (exact) mass is 462 g/mol. The van der Waals surface area contributed by atoms with Gasteiger partial charge >= 0.3 is 0 Å². The largest absolute Gasteiger partial charge is 0.322 e. The summed E-state index contributed by atoms with van der Waals surface area (Å²) in [5, 5.41) is 4.55. The summed E-state index contributed by atoms with van der Waals surface area (Å²) in [6.07, 6.45) is 0. The highest BCUT2D eigenvalue weighted by Crippen LogP contribution is 2.22. The summed E-state index contributed by atoms with van der Waals surface area (Å²) < 4.78 is 27.6. The highest BCUT2D eigenvalue weighted by atomic mass is 32.2.